The Balaban J connectivity index is 2.09. The summed E-state index contributed by atoms with van der Waals surface area (Å²) in [5.74, 6) is -1.22. The molecule has 1 aromatic carbocycles. The summed E-state index contributed by atoms with van der Waals surface area (Å²) in [4.78, 5) is 12.0. The largest absolute Gasteiger partial charge is 0.322 e. The first-order chi connectivity index (χ1) is 10.7. The molecule has 0 atom stereocenters. The normalized spacial score (nSPS) is 11.7. The third-order valence-electron chi connectivity index (χ3n) is 2.98. The smallest absolute Gasteiger partial charge is 0.252 e. The first kappa shape index (κ1) is 17.9. The van der Waals surface area contributed by atoms with E-state index >= 15 is 0 Å². The van der Waals surface area contributed by atoms with Gasteiger partial charge in [-0.1, -0.05) is 17.7 Å². The van der Waals surface area contributed by atoms with E-state index < -0.39 is 28.3 Å². The van der Waals surface area contributed by atoms with E-state index in [1.54, 1.807) is 13.0 Å². The van der Waals surface area contributed by atoms with Crippen LogP contribution in [0.4, 0.5) is 10.1 Å². The number of nitrogens with one attached hydrogen (secondary N) is 1. The number of benzene rings is 1. The van der Waals surface area contributed by atoms with Crippen molar-refractivity contribution < 1.29 is 17.6 Å². The molecule has 1 aromatic heterocycles. The highest BCUT2D eigenvalue weighted by Crippen LogP contribution is 2.27. The van der Waals surface area contributed by atoms with Gasteiger partial charge in [-0.3, -0.25) is 4.79 Å². The van der Waals surface area contributed by atoms with Gasteiger partial charge in [-0.05, 0) is 36.8 Å². The minimum absolute atomic E-state index is 0.0139. The summed E-state index contributed by atoms with van der Waals surface area (Å²) in [6, 6.07) is 7.12. The molecule has 0 aliphatic heterocycles. The molecule has 124 valence electrons. The van der Waals surface area contributed by atoms with E-state index in [2.05, 4.69) is 5.32 Å². The quantitative estimate of drug-likeness (QED) is 0.871. The lowest BCUT2D eigenvalue weighted by molar-refractivity contribution is -0.116. The number of thiophene rings is 1. The van der Waals surface area contributed by atoms with Gasteiger partial charge in [0.25, 0.3) is 10.0 Å². The number of sulfonamides is 1. The average molecular weight is 377 g/mol. The van der Waals surface area contributed by atoms with Gasteiger partial charge < -0.3 is 5.32 Å². The molecule has 0 saturated heterocycles. The minimum Gasteiger partial charge on any atom is -0.322 e. The average Bonchev–Trinajstić information content (AvgIpc) is 2.90. The van der Waals surface area contributed by atoms with Crippen molar-refractivity contribution in [2.75, 3.05) is 18.9 Å². The lowest BCUT2D eigenvalue weighted by Gasteiger charge is -2.16. The molecule has 0 bridgehead atoms. The number of amides is 1. The first-order valence-electron chi connectivity index (χ1n) is 6.48. The minimum atomic E-state index is -3.81. The summed E-state index contributed by atoms with van der Waals surface area (Å²) in [5, 5.41) is 2.37. The molecule has 0 spiro atoms. The summed E-state index contributed by atoms with van der Waals surface area (Å²) in [7, 11) is -2.54. The van der Waals surface area contributed by atoms with Gasteiger partial charge in [0.05, 0.1) is 16.6 Å². The molecule has 1 N–H and O–H groups in total. The van der Waals surface area contributed by atoms with Crippen LogP contribution in [0.1, 0.15) is 5.56 Å². The molecule has 2 aromatic rings. The Labute approximate surface area is 142 Å². The maximum Gasteiger partial charge on any atom is 0.252 e. The molecular weight excluding hydrogens is 363 g/mol. The lowest BCUT2D eigenvalue weighted by atomic mass is 10.2. The van der Waals surface area contributed by atoms with Crippen molar-refractivity contribution in [3.05, 3.63) is 46.0 Å². The molecule has 0 unspecified atom stereocenters. The van der Waals surface area contributed by atoms with E-state index in [9.17, 15) is 17.6 Å². The Bertz CT molecular complexity index is 836. The second-order valence-electron chi connectivity index (χ2n) is 4.85. The van der Waals surface area contributed by atoms with Gasteiger partial charge >= 0.3 is 0 Å². The standard InChI is InChI=1S/C14H14ClFN2O3S2/c1-9-3-4-10(16)11(7-9)17-13(19)8-18(2)23(20,21)14-6-5-12(15)22-14/h3-7H,8H2,1-2H3,(H,17,19). The maximum atomic E-state index is 13.6. The number of nitrogens with zero attached hydrogens (tertiary/aromatic N) is 1. The number of carbonyl (C=O) groups is 1. The maximum absolute atomic E-state index is 13.6. The van der Waals surface area contributed by atoms with Crippen LogP contribution in [0.15, 0.2) is 34.5 Å². The van der Waals surface area contributed by atoms with Crippen LogP contribution in [0.2, 0.25) is 4.34 Å². The van der Waals surface area contributed by atoms with Crippen LogP contribution in [-0.4, -0.2) is 32.2 Å². The highest BCUT2D eigenvalue weighted by Gasteiger charge is 2.25. The van der Waals surface area contributed by atoms with E-state index in [0.29, 0.717) is 4.34 Å². The number of hydrogen-bond donors (Lipinski definition) is 1. The zero-order chi connectivity index (χ0) is 17.2. The Kier molecular flexibility index (Phi) is 5.41. The molecule has 0 aliphatic carbocycles. The predicted octanol–water partition coefficient (Wildman–Crippen LogP) is 3.11. The summed E-state index contributed by atoms with van der Waals surface area (Å²) in [6.45, 7) is 1.32. The van der Waals surface area contributed by atoms with Crippen LogP contribution in [0.25, 0.3) is 0 Å². The third kappa shape index (κ3) is 4.29. The van der Waals surface area contributed by atoms with Crippen molar-refractivity contribution in [3.63, 3.8) is 0 Å². The predicted molar refractivity (Wildman–Crippen MR) is 88.9 cm³/mol. The molecule has 9 heteroatoms. The van der Waals surface area contributed by atoms with Crippen LogP contribution in [0.3, 0.4) is 0 Å². The van der Waals surface area contributed by atoms with E-state index in [1.807, 2.05) is 0 Å². The van der Waals surface area contributed by atoms with E-state index in [1.165, 1.54) is 31.3 Å². The Morgan fingerprint density at radius 1 is 1.35 bits per heavy atom. The molecule has 2 rings (SSSR count). The van der Waals surface area contributed by atoms with Crippen molar-refractivity contribution in [2.45, 2.75) is 11.1 Å². The summed E-state index contributed by atoms with van der Waals surface area (Å²) in [6.07, 6.45) is 0. The SMILES string of the molecule is Cc1ccc(F)c(NC(=O)CN(C)S(=O)(=O)c2ccc(Cl)s2)c1. The topological polar surface area (TPSA) is 66.5 Å². The van der Waals surface area contributed by atoms with Gasteiger partial charge in [0.15, 0.2) is 0 Å². The monoisotopic (exact) mass is 376 g/mol. The zero-order valence-corrected chi connectivity index (χ0v) is 14.7. The lowest BCUT2D eigenvalue weighted by Crippen LogP contribution is -2.34. The number of aryl methyl sites for hydroxylation is 1. The van der Waals surface area contributed by atoms with Crippen LogP contribution in [0, 0.1) is 12.7 Å². The van der Waals surface area contributed by atoms with E-state index in [0.717, 1.165) is 21.2 Å². The van der Waals surface area contributed by atoms with Crippen LogP contribution in [0.5, 0.6) is 0 Å². The van der Waals surface area contributed by atoms with Crippen molar-refractivity contribution in [3.8, 4) is 0 Å². The molecule has 0 fully saturated rings. The number of likely N-dealkylation sites (N-methyl/N-ethyl adjacent to an activating group) is 1. The molecule has 23 heavy (non-hydrogen) atoms. The first-order valence-corrected chi connectivity index (χ1v) is 9.11. The zero-order valence-electron chi connectivity index (χ0n) is 12.3. The van der Waals surface area contributed by atoms with Gasteiger partial charge in [0, 0.05) is 7.05 Å². The molecule has 1 heterocycles. The molecule has 0 radical (unpaired) electrons. The fourth-order valence-electron chi connectivity index (χ4n) is 1.80. The number of hydrogen-bond acceptors (Lipinski definition) is 4. The molecular formula is C14H14ClFN2O3S2. The van der Waals surface area contributed by atoms with Crippen molar-refractivity contribution in [1.82, 2.24) is 4.31 Å². The highest BCUT2D eigenvalue weighted by molar-refractivity contribution is 7.91. The van der Waals surface area contributed by atoms with Gasteiger partial charge in [-0.25, -0.2) is 12.8 Å². The molecule has 0 aliphatic rings. The van der Waals surface area contributed by atoms with E-state index in [4.69, 9.17) is 11.6 Å². The summed E-state index contributed by atoms with van der Waals surface area (Å²) < 4.78 is 39.4. The van der Waals surface area contributed by atoms with Crippen molar-refractivity contribution >= 4 is 44.6 Å². The Morgan fingerprint density at radius 3 is 2.65 bits per heavy atom. The van der Waals surface area contributed by atoms with Crippen molar-refractivity contribution in [1.29, 1.82) is 0 Å². The van der Waals surface area contributed by atoms with Gasteiger partial charge in [0.2, 0.25) is 5.91 Å². The Morgan fingerprint density at radius 2 is 2.04 bits per heavy atom. The number of rotatable bonds is 5. The Hall–Kier alpha value is -1.48. The van der Waals surface area contributed by atoms with Crippen LogP contribution >= 0.6 is 22.9 Å². The van der Waals surface area contributed by atoms with Crippen LogP contribution in [-0.2, 0) is 14.8 Å². The second-order valence-corrected chi connectivity index (χ2v) is 8.84. The van der Waals surface area contributed by atoms with Crippen molar-refractivity contribution in [2.24, 2.45) is 0 Å². The van der Waals surface area contributed by atoms with Gasteiger partial charge in [0.1, 0.15) is 10.0 Å². The molecule has 1 amide bonds. The molecule has 5 nitrogen and oxygen atoms in total. The molecule has 0 saturated carbocycles. The number of anilines is 1. The number of carbonyl (C=O) groups excluding carboxylic acids is 1. The van der Waals surface area contributed by atoms with Gasteiger partial charge in [-0.15, -0.1) is 11.3 Å². The summed E-state index contributed by atoms with van der Waals surface area (Å²) >= 11 is 6.63. The fourth-order valence-corrected chi connectivity index (χ4v) is 4.62. The number of halogens is 2. The van der Waals surface area contributed by atoms with E-state index in [-0.39, 0.29) is 9.90 Å². The highest BCUT2D eigenvalue weighted by atomic mass is 35.5. The van der Waals surface area contributed by atoms with Gasteiger partial charge in [-0.2, -0.15) is 4.31 Å². The van der Waals surface area contributed by atoms with Crippen LogP contribution < -0.4 is 5.32 Å². The third-order valence-corrected chi connectivity index (χ3v) is 6.48. The summed E-state index contributed by atoms with van der Waals surface area (Å²) in [5.41, 5.74) is 0.788. The second kappa shape index (κ2) is 6.96. The fraction of sp³-hybridized carbons (Fsp3) is 0.214.